The van der Waals surface area contributed by atoms with E-state index in [-0.39, 0.29) is 5.91 Å². The van der Waals surface area contributed by atoms with Crippen molar-refractivity contribution in [2.24, 2.45) is 5.73 Å². The molecule has 1 saturated heterocycles. The van der Waals surface area contributed by atoms with Gasteiger partial charge in [-0.1, -0.05) is 18.2 Å². The molecule has 1 aromatic rings. The van der Waals surface area contributed by atoms with Gasteiger partial charge in [0.2, 0.25) is 5.91 Å². The minimum Gasteiger partial charge on any atom is -0.370 e. The second-order valence-electron chi connectivity index (χ2n) is 6.23. The van der Waals surface area contributed by atoms with Crippen LogP contribution in [-0.4, -0.2) is 51.0 Å². The van der Waals surface area contributed by atoms with Crippen molar-refractivity contribution in [1.82, 2.24) is 19.7 Å². The van der Waals surface area contributed by atoms with E-state index in [0.29, 0.717) is 18.9 Å². The molecule has 0 radical (unpaired) electrons. The summed E-state index contributed by atoms with van der Waals surface area (Å²) >= 11 is 1.75. The average molecular weight is 323 g/mol. The maximum atomic E-state index is 11.1. The number of carbonyl (C=O) groups excluding carboxylic acids is 1. The quantitative estimate of drug-likeness (QED) is 0.736. The summed E-state index contributed by atoms with van der Waals surface area (Å²) < 4.78 is 2.11. The van der Waals surface area contributed by atoms with Crippen molar-refractivity contribution in [1.29, 1.82) is 0 Å². The van der Waals surface area contributed by atoms with E-state index >= 15 is 0 Å². The highest BCUT2D eigenvalue weighted by Gasteiger charge is 2.30. The summed E-state index contributed by atoms with van der Waals surface area (Å²) in [5.74, 6) is 2.34. The van der Waals surface area contributed by atoms with Gasteiger partial charge in [0.25, 0.3) is 0 Å². The van der Waals surface area contributed by atoms with Crippen LogP contribution in [0.3, 0.4) is 0 Å². The zero-order valence-electron chi connectivity index (χ0n) is 13.0. The number of hydrogen-bond acceptors (Lipinski definition) is 5. The maximum absolute atomic E-state index is 11.1. The first-order valence-corrected chi connectivity index (χ1v) is 9.29. The van der Waals surface area contributed by atoms with Crippen LogP contribution >= 0.6 is 11.8 Å². The van der Waals surface area contributed by atoms with Crippen LogP contribution in [0.5, 0.6) is 0 Å². The second-order valence-corrected chi connectivity index (χ2v) is 7.30. The van der Waals surface area contributed by atoms with Crippen LogP contribution in [-0.2, 0) is 11.3 Å². The molecule has 22 heavy (non-hydrogen) atoms. The van der Waals surface area contributed by atoms with Crippen LogP contribution in [0.2, 0.25) is 0 Å². The van der Waals surface area contributed by atoms with Gasteiger partial charge in [-0.05, 0) is 38.8 Å². The third-order valence-corrected chi connectivity index (χ3v) is 5.30. The van der Waals surface area contributed by atoms with E-state index < -0.39 is 0 Å². The predicted molar refractivity (Wildman–Crippen MR) is 86.8 cm³/mol. The van der Waals surface area contributed by atoms with Crippen molar-refractivity contribution in [2.75, 3.05) is 25.4 Å². The first-order valence-electron chi connectivity index (χ1n) is 8.30. The van der Waals surface area contributed by atoms with Gasteiger partial charge >= 0.3 is 0 Å². The molecule has 7 heteroatoms. The number of hydrogen-bond donors (Lipinski definition) is 1. The lowest BCUT2D eigenvalue weighted by atomic mass is 10.1. The normalized spacial score (nSPS) is 19.5. The minimum absolute atomic E-state index is 0.264. The number of nitrogens with two attached hydrogens (primary N) is 1. The summed E-state index contributed by atoms with van der Waals surface area (Å²) in [6, 6.07) is 0. The minimum atomic E-state index is -0.264. The monoisotopic (exact) mass is 323 g/mol. The van der Waals surface area contributed by atoms with Gasteiger partial charge in [-0.2, -0.15) is 0 Å². The molecule has 1 saturated carbocycles. The summed E-state index contributed by atoms with van der Waals surface area (Å²) in [6.07, 6.45) is 6.75. The van der Waals surface area contributed by atoms with E-state index in [9.17, 15) is 4.79 Å². The van der Waals surface area contributed by atoms with Gasteiger partial charge in [-0.25, -0.2) is 0 Å². The lowest BCUT2D eigenvalue weighted by molar-refractivity contribution is -0.118. The fourth-order valence-electron chi connectivity index (χ4n) is 2.93. The molecule has 2 N–H and O–H groups in total. The highest BCUT2D eigenvalue weighted by molar-refractivity contribution is 7.99. The molecule has 6 nitrogen and oxygen atoms in total. The first kappa shape index (κ1) is 15.8. The van der Waals surface area contributed by atoms with Crippen molar-refractivity contribution in [2.45, 2.75) is 56.1 Å². The molecule has 0 bridgehead atoms. The standard InChI is InChI=1S/C15H25N5OS/c16-13(21)6-9-20-14(12-4-5-12)17-18-15(20)22-11-10-19-7-2-1-3-8-19/h12H,1-11H2,(H2,16,21). The van der Waals surface area contributed by atoms with Gasteiger partial charge in [0, 0.05) is 31.2 Å². The number of nitrogens with zero attached hydrogens (tertiary/aromatic N) is 4. The molecular weight excluding hydrogens is 298 g/mol. The van der Waals surface area contributed by atoms with Gasteiger partial charge in [0.15, 0.2) is 5.16 Å². The predicted octanol–water partition coefficient (Wildman–Crippen LogP) is 1.61. The molecule has 122 valence electrons. The van der Waals surface area contributed by atoms with E-state index in [1.54, 1.807) is 11.8 Å². The topological polar surface area (TPSA) is 77.0 Å². The molecule has 1 aliphatic carbocycles. The van der Waals surface area contributed by atoms with Crippen LogP contribution in [0.15, 0.2) is 5.16 Å². The average Bonchev–Trinajstić information content (AvgIpc) is 3.28. The molecular formula is C15H25N5OS. The number of aromatic nitrogens is 3. The van der Waals surface area contributed by atoms with Crippen molar-refractivity contribution < 1.29 is 4.79 Å². The molecule has 3 rings (SSSR count). The highest BCUT2D eigenvalue weighted by Crippen LogP contribution is 2.40. The number of rotatable bonds is 8. The van der Waals surface area contributed by atoms with Crippen LogP contribution in [0.4, 0.5) is 0 Å². The number of piperidine rings is 1. The molecule has 0 aromatic carbocycles. The lowest BCUT2D eigenvalue weighted by Crippen LogP contribution is -2.31. The van der Waals surface area contributed by atoms with Crippen molar-refractivity contribution in [3.05, 3.63) is 5.82 Å². The van der Waals surface area contributed by atoms with Gasteiger partial charge in [-0.15, -0.1) is 10.2 Å². The number of carbonyl (C=O) groups is 1. The molecule has 1 amide bonds. The number of primary amides is 1. The van der Waals surface area contributed by atoms with Crippen LogP contribution < -0.4 is 5.73 Å². The summed E-state index contributed by atoms with van der Waals surface area (Å²) in [7, 11) is 0. The molecule has 1 aliphatic heterocycles. The van der Waals surface area contributed by atoms with E-state index in [1.807, 2.05) is 0 Å². The van der Waals surface area contributed by atoms with E-state index in [2.05, 4.69) is 19.7 Å². The molecule has 2 heterocycles. The Morgan fingerprint density at radius 3 is 2.64 bits per heavy atom. The Morgan fingerprint density at radius 2 is 1.95 bits per heavy atom. The molecule has 2 fully saturated rings. The first-order chi connectivity index (χ1) is 10.7. The summed E-state index contributed by atoms with van der Waals surface area (Å²) in [5, 5.41) is 9.64. The molecule has 0 atom stereocenters. The Bertz CT molecular complexity index is 508. The Morgan fingerprint density at radius 1 is 1.18 bits per heavy atom. The lowest BCUT2D eigenvalue weighted by Gasteiger charge is -2.25. The van der Waals surface area contributed by atoms with Crippen LogP contribution in [0.1, 0.15) is 50.3 Å². The number of thioether (sulfide) groups is 1. The summed E-state index contributed by atoms with van der Waals surface area (Å²) in [6.45, 7) is 4.16. The third kappa shape index (κ3) is 4.23. The van der Waals surface area contributed by atoms with Crippen molar-refractivity contribution in [3.8, 4) is 0 Å². The van der Waals surface area contributed by atoms with E-state index in [0.717, 1.165) is 23.3 Å². The largest absolute Gasteiger partial charge is 0.370 e. The van der Waals surface area contributed by atoms with Crippen molar-refractivity contribution in [3.63, 3.8) is 0 Å². The molecule has 1 aromatic heterocycles. The highest BCUT2D eigenvalue weighted by atomic mass is 32.2. The van der Waals surface area contributed by atoms with Crippen LogP contribution in [0, 0.1) is 0 Å². The Labute approximate surface area is 135 Å². The fourth-order valence-corrected chi connectivity index (χ4v) is 3.90. The Hall–Kier alpha value is -1.08. The second kappa shape index (κ2) is 7.46. The molecule has 0 unspecified atom stereocenters. The SMILES string of the molecule is NC(=O)CCn1c(SCCN2CCCCC2)nnc1C1CC1. The molecule has 2 aliphatic rings. The van der Waals surface area contributed by atoms with Crippen molar-refractivity contribution >= 4 is 17.7 Å². The van der Waals surface area contributed by atoms with E-state index in [4.69, 9.17) is 5.73 Å². The Kier molecular flexibility index (Phi) is 5.36. The summed E-state index contributed by atoms with van der Waals surface area (Å²) in [4.78, 5) is 13.6. The third-order valence-electron chi connectivity index (χ3n) is 4.36. The van der Waals surface area contributed by atoms with Gasteiger partial charge in [0.1, 0.15) is 5.82 Å². The molecule has 0 spiro atoms. The summed E-state index contributed by atoms with van der Waals surface area (Å²) in [5.41, 5.74) is 5.29. The van der Waals surface area contributed by atoms with E-state index in [1.165, 1.54) is 45.2 Å². The van der Waals surface area contributed by atoms with Crippen LogP contribution in [0.25, 0.3) is 0 Å². The zero-order valence-corrected chi connectivity index (χ0v) is 13.9. The van der Waals surface area contributed by atoms with Gasteiger partial charge < -0.3 is 15.2 Å². The Balaban J connectivity index is 1.55. The maximum Gasteiger partial charge on any atom is 0.219 e. The fraction of sp³-hybridized carbons (Fsp3) is 0.800. The van der Waals surface area contributed by atoms with Gasteiger partial charge in [0.05, 0.1) is 0 Å². The smallest absolute Gasteiger partial charge is 0.219 e. The van der Waals surface area contributed by atoms with Gasteiger partial charge in [-0.3, -0.25) is 4.79 Å². The number of amides is 1. The number of likely N-dealkylation sites (tertiary alicyclic amines) is 1. The zero-order chi connectivity index (χ0) is 15.4.